The van der Waals surface area contributed by atoms with Crippen LogP contribution in [0.2, 0.25) is 0 Å². The van der Waals surface area contributed by atoms with Crippen molar-refractivity contribution in [1.82, 2.24) is 4.98 Å². The summed E-state index contributed by atoms with van der Waals surface area (Å²) in [6.45, 7) is 0.664. The highest BCUT2D eigenvalue weighted by molar-refractivity contribution is 9.11. The van der Waals surface area contributed by atoms with Gasteiger partial charge in [-0.15, -0.1) is 0 Å². The van der Waals surface area contributed by atoms with Crippen LogP contribution in [0, 0.1) is 0 Å². The fourth-order valence-electron chi connectivity index (χ4n) is 1.57. The first-order chi connectivity index (χ1) is 8.70. The van der Waals surface area contributed by atoms with Gasteiger partial charge >= 0.3 is 0 Å². The molecule has 3 nitrogen and oxygen atoms in total. The maximum absolute atomic E-state index is 5.21. The zero-order chi connectivity index (χ0) is 13.0. The van der Waals surface area contributed by atoms with Crippen LogP contribution in [0.15, 0.2) is 45.5 Å². The predicted octanol–water partition coefficient (Wildman–Crippen LogP) is 4.23. The number of hydrogen-bond donors (Lipinski definition) is 1. The predicted molar refractivity (Wildman–Crippen MR) is 80.0 cm³/mol. The highest BCUT2D eigenvalue weighted by Crippen LogP contribution is 2.27. The van der Waals surface area contributed by atoms with E-state index in [2.05, 4.69) is 42.2 Å². The number of pyridine rings is 1. The second-order valence-corrected chi connectivity index (χ2v) is 5.42. The number of hydrogen-bond acceptors (Lipinski definition) is 3. The summed E-state index contributed by atoms with van der Waals surface area (Å²) in [5, 5.41) is 3.34. The average molecular weight is 372 g/mol. The molecule has 0 saturated carbocycles. The minimum atomic E-state index is 0.651. The van der Waals surface area contributed by atoms with Gasteiger partial charge in [0.2, 0.25) is 5.88 Å². The Kier molecular flexibility index (Phi) is 4.60. The van der Waals surface area contributed by atoms with Crippen LogP contribution < -0.4 is 10.1 Å². The van der Waals surface area contributed by atoms with E-state index in [1.165, 1.54) is 0 Å². The molecule has 0 unspecified atom stereocenters. The largest absolute Gasteiger partial charge is 0.481 e. The first kappa shape index (κ1) is 13.4. The van der Waals surface area contributed by atoms with Crippen molar-refractivity contribution >= 4 is 37.5 Å². The molecule has 0 amide bonds. The molecule has 18 heavy (non-hydrogen) atoms. The van der Waals surface area contributed by atoms with Crippen LogP contribution in [0.1, 0.15) is 5.56 Å². The van der Waals surface area contributed by atoms with Gasteiger partial charge in [-0.2, -0.15) is 0 Å². The molecule has 1 heterocycles. The van der Waals surface area contributed by atoms with Crippen molar-refractivity contribution in [2.75, 3.05) is 12.4 Å². The van der Waals surface area contributed by atoms with E-state index in [0.29, 0.717) is 12.4 Å². The van der Waals surface area contributed by atoms with Gasteiger partial charge in [0.1, 0.15) is 0 Å². The first-order valence-corrected chi connectivity index (χ1v) is 6.96. The summed E-state index contributed by atoms with van der Waals surface area (Å²) in [6, 6.07) is 9.90. The zero-order valence-corrected chi connectivity index (χ0v) is 13.0. The fourth-order valence-corrected chi connectivity index (χ4v) is 2.75. The van der Waals surface area contributed by atoms with Gasteiger partial charge in [-0.3, -0.25) is 0 Å². The van der Waals surface area contributed by atoms with Crippen molar-refractivity contribution in [3.63, 3.8) is 0 Å². The molecular weight excluding hydrogens is 360 g/mol. The van der Waals surface area contributed by atoms with Crippen molar-refractivity contribution < 1.29 is 4.74 Å². The van der Waals surface area contributed by atoms with Gasteiger partial charge in [-0.05, 0) is 40.2 Å². The van der Waals surface area contributed by atoms with Gasteiger partial charge in [0, 0.05) is 32.9 Å². The molecule has 1 N–H and O–H groups in total. The third kappa shape index (κ3) is 3.23. The summed E-state index contributed by atoms with van der Waals surface area (Å²) in [5.74, 6) is 0.651. The number of ether oxygens (including phenoxy) is 1. The second kappa shape index (κ2) is 6.20. The molecule has 5 heteroatoms. The van der Waals surface area contributed by atoms with Crippen molar-refractivity contribution in [3.05, 3.63) is 51.0 Å². The van der Waals surface area contributed by atoms with Gasteiger partial charge in [-0.25, -0.2) is 4.98 Å². The van der Waals surface area contributed by atoms with Crippen LogP contribution in [0.3, 0.4) is 0 Å². The molecule has 2 rings (SSSR count). The Bertz CT molecular complexity index is 546. The van der Waals surface area contributed by atoms with Crippen molar-refractivity contribution in [2.45, 2.75) is 6.54 Å². The van der Waals surface area contributed by atoms with Crippen LogP contribution in [0.5, 0.6) is 5.88 Å². The SMILES string of the molecule is COc1ncccc1CNc1ccc(Br)cc1Br. The van der Waals surface area contributed by atoms with E-state index in [0.717, 1.165) is 20.2 Å². The molecule has 0 radical (unpaired) electrons. The van der Waals surface area contributed by atoms with E-state index >= 15 is 0 Å². The molecule has 0 aliphatic heterocycles. The highest BCUT2D eigenvalue weighted by atomic mass is 79.9. The lowest BCUT2D eigenvalue weighted by Gasteiger charge is -2.11. The lowest BCUT2D eigenvalue weighted by Crippen LogP contribution is -2.03. The van der Waals surface area contributed by atoms with E-state index in [1.54, 1.807) is 13.3 Å². The molecule has 0 bridgehead atoms. The molecule has 0 spiro atoms. The Hall–Kier alpha value is -1.07. The Morgan fingerprint density at radius 1 is 1.28 bits per heavy atom. The third-order valence-electron chi connectivity index (χ3n) is 2.44. The highest BCUT2D eigenvalue weighted by Gasteiger charge is 2.04. The maximum Gasteiger partial charge on any atom is 0.218 e. The van der Waals surface area contributed by atoms with Crippen molar-refractivity contribution in [2.24, 2.45) is 0 Å². The molecule has 0 aliphatic carbocycles. The number of anilines is 1. The molecular formula is C13H12Br2N2O. The maximum atomic E-state index is 5.21. The number of halogens is 2. The summed E-state index contributed by atoms with van der Waals surface area (Å²) in [4.78, 5) is 4.16. The van der Waals surface area contributed by atoms with Gasteiger partial charge in [0.25, 0.3) is 0 Å². The van der Waals surface area contributed by atoms with Gasteiger partial charge < -0.3 is 10.1 Å². The van der Waals surface area contributed by atoms with Crippen LogP contribution in [-0.4, -0.2) is 12.1 Å². The number of nitrogens with zero attached hydrogens (tertiary/aromatic N) is 1. The number of methoxy groups -OCH3 is 1. The monoisotopic (exact) mass is 370 g/mol. The molecule has 0 fully saturated rings. The summed E-state index contributed by atoms with van der Waals surface area (Å²) in [5.41, 5.74) is 2.05. The van der Waals surface area contributed by atoms with Crippen LogP contribution in [-0.2, 0) is 6.54 Å². The summed E-state index contributed by atoms with van der Waals surface area (Å²) < 4.78 is 7.27. The van der Waals surface area contributed by atoms with Crippen LogP contribution >= 0.6 is 31.9 Å². The van der Waals surface area contributed by atoms with Crippen LogP contribution in [0.4, 0.5) is 5.69 Å². The fraction of sp³-hybridized carbons (Fsp3) is 0.154. The molecule has 0 aliphatic rings. The lowest BCUT2D eigenvalue weighted by molar-refractivity contribution is 0.393. The Morgan fingerprint density at radius 2 is 2.11 bits per heavy atom. The minimum Gasteiger partial charge on any atom is -0.481 e. The standard InChI is InChI=1S/C13H12Br2N2O/c1-18-13-9(3-2-6-16-13)8-17-12-5-4-10(14)7-11(12)15/h2-7,17H,8H2,1H3. The smallest absolute Gasteiger partial charge is 0.218 e. The van der Waals surface area contributed by atoms with E-state index in [-0.39, 0.29) is 0 Å². The summed E-state index contributed by atoms with van der Waals surface area (Å²) in [6.07, 6.45) is 1.72. The number of nitrogens with one attached hydrogen (secondary N) is 1. The topological polar surface area (TPSA) is 34.1 Å². The molecule has 1 aromatic carbocycles. The lowest BCUT2D eigenvalue weighted by atomic mass is 10.2. The van der Waals surface area contributed by atoms with E-state index in [4.69, 9.17) is 4.74 Å². The third-order valence-corrected chi connectivity index (χ3v) is 3.59. The molecule has 1 aromatic heterocycles. The first-order valence-electron chi connectivity index (χ1n) is 5.37. The van der Waals surface area contributed by atoms with Crippen molar-refractivity contribution in [1.29, 1.82) is 0 Å². The number of rotatable bonds is 4. The van der Waals surface area contributed by atoms with E-state index in [1.807, 2.05) is 30.3 Å². The molecule has 2 aromatic rings. The van der Waals surface area contributed by atoms with Gasteiger partial charge in [0.15, 0.2) is 0 Å². The van der Waals surface area contributed by atoms with Gasteiger partial charge in [-0.1, -0.05) is 22.0 Å². The zero-order valence-electron chi connectivity index (χ0n) is 9.78. The number of aromatic nitrogens is 1. The van der Waals surface area contributed by atoms with E-state index in [9.17, 15) is 0 Å². The Labute approximate surface area is 123 Å². The normalized spacial score (nSPS) is 10.2. The summed E-state index contributed by atoms with van der Waals surface area (Å²) >= 11 is 6.94. The Balaban J connectivity index is 2.11. The molecule has 0 saturated heterocycles. The second-order valence-electron chi connectivity index (χ2n) is 3.65. The number of benzene rings is 1. The quantitative estimate of drug-likeness (QED) is 0.873. The van der Waals surface area contributed by atoms with Gasteiger partial charge in [0.05, 0.1) is 7.11 Å². The van der Waals surface area contributed by atoms with Crippen LogP contribution in [0.25, 0.3) is 0 Å². The minimum absolute atomic E-state index is 0.651. The Morgan fingerprint density at radius 3 is 2.83 bits per heavy atom. The van der Waals surface area contributed by atoms with Crippen molar-refractivity contribution in [3.8, 4) is 5.88 Å². The molecule has 94 valence electrons. The summed E-state index contributed by atoms with van der Waals surface area (Å²) in [7, 11) is 1.63. The van der Waals surface area contributed by atoms with E-state index < -0.39 is 0 Å². The average Bonchev–Trinajstić information content (AvgIpc) is 2.38. The molecule has 0 atom stereocenters.